The fourth-order valence-electron chi connectivity index (χ4n) is 2.05. The van der Waals surface area contributed by atoms with E-state index >= 15 is 0 Å². The predicted molar refractivity (Wildman–Crippen MR) is 70.0 cm³/mol. The lowest BCUT2D eigenvalue weighted by Crippen LogP contribution is -2.27. The SMILES string of the molecule is CCN(CC1CC1)c1cccc(C(N)=O)c1N. The van der Waals surface area contributed by atoms with Crippen molar-refractivity contribution in [3.05, 3.63) is 23.8 Å². The molecule has 0 aliphatic heterocycles. The van der Waals surface area contributed by atoms with Gasteiger partial charge in [-0.3, -0.25) is 4.79 Å². The summed E-state index contributed by atoms with van der Waals surface area (Å²) in [7, 11) is 0. The number of rotatable bonds is 5. The molecule has 4 N–H and O–H groups in total. The average Bonchev–Trinajstić information content (AvgIpc) is 3.10. The molecular formula is C13H19N3O. The predicted octanol–water partition coefficient (Wildman–Crippen LogP) is 1.60. The molecule has 0 aromatic heterocycles. The van der Waals surface area contributed by atoms with Crippen molar-refractivity contribution in [3.8, 4) is 0 Å². The second kappa shape index (κ2) is 4.65. The van der Waals surface area contributed by atoms with Gasteiger partial charge in [0.05, 0.1) is 16.9 Å². The molecule has 0 saturated heterocycles. The number of nitrogen functional groups attached to an aromatic ring is 1. The smallest absolute Gasteiger partial charge is 0.250 e. The van der Waals surface area contributed by atoms with Gasteiger partial charge in [0.2, 0.25) is 0 Å². The normalized spacial score (nSPS) is 14.6. The zero-order valence-corrected chi connectivity index (χ0v) is 10.1. The summed E-state index contributed by atoms with van der Waals surface area (Å²) >= 11 is 0. The van der Waals surface area contributed by atoms with Crippen LogP contribution in [0.3, 0.4) is 0 Å². The summed E-state index contributed by atoms with van der Waals surface area (Å²) in [4.78, 5) is 13.5. The quantitative estimate of drug-likeness (QED) is 0.759. The van der Waals surface area contributed by atoms with Crippen LogP contribution in [0.15, 0.2) is 18.2 Å². The summed E-state index contributed by atoms with van der Waals surface area (Å²) in [6.07, 6.45) is 2.60. The van der Waals surface area contributed by atoms with Crippen LogP contribution in [0.2, 0.25) is 0 Å². The lowest BCUT2D eigenvalue weighted by atomic mass is 10.1. The van der Waals surface area contributed by atoms with Crippen molar-refractivity contribution in [2.75, 3.05) is 23.7 Å². The highest BCUT2D eigenvalue weighted by Gasteiger charge is 2.25. The standard InChI is InChI=1S/C13H19N3O/c1-2-16(8-9-6-7-9)11-5-3-4-10(12(11)14)13(15)17/h3-5,9H,2,6-8,14H2,1H3,(H2,15,17). The molecule has 1 amide bonds. The molecule has 92 valence electrons. The lowest BCUT2D eigenvalue weighted by Gasteiger charge is -2.25. The van der Waals surface area contributed by atoms with Crippen molar-refractivity contribution in [2.24, 2.45) is 11.7 Å². The maximum atomic E-state index is 11.2. The zero-order valence-electron chi connectivity index (χ0n) is 10.1. The van der Waals surface area contributed by atoms with Crippen LogP contribution in [-0.4, -0.2) is 19.0 Å². The van der Waals surface area contributed by atoms with Crippen LogP contribution >= 0.6 is 0 Å². The first kappa shape index (κ1) is 11.8. The Balaban J connectivity index is 2.28. The van der Waals surface area contributed by atoms with E-state index in [4.69, 9.17) is 11.5 Å². The number of para-hydroxylation sites is 1. The van der Waals surface area contributed by atoms with E-state index in [1.807, 2.05) is 12.1 Å². The van der Waals surface area contributed by atoms with Gasteiger partial charge in [-0.05, 0) is 37.8 Å². The van der Waals surface area contributed by atoms with Gasteiger partial charge in [0, 0.05) is 13.1 Å². The van der Waals surface area contributed by atoms with E-state index in [1.165, 1.54) is 12.8 Å². The Morgan fingerprint density at radius 1 is 1.47 bits per heavy atom. The Morgan fingerprint density at radius 3 is 2.71 bits per heavy atom. The summed E-state index contributed by atoms with van der Waals surface area (Å²) in [5.41, 5.74) is 13.2. The van der Waals surface area contributed by atoms with Gasteiger partial charge in [0.1, 0.15) is 0 Å². The molecule has 17 heavy (non-hydrogen) atoms. The molecule has 1 saturated carbocycles. The third-order valence-corrected chi connectivity index (χ3v) is 3.25. The summed E-state index contributed by atoms with van der Waals surface area (Å²) in [5.74, 6) is 0.318. The molecule has 0 heterocycles. The van der Waals surface area contributed by atoms with Gasteiger partial charge in [-0.1, -0.05) is 6.07 Å². The van der Waals surface area contributed by atoms with E-state index in [-0.39, 0.29) is 0 Å². The molecule has 0 radical (unpaired) electrons. The highest BCUT2D eigenvalue weighted by Crippen LogP contribution is 2.33. The Labute approximate surface area is 102 Å². The number of anilines is 2. The first-order valence-corrected chi connectivity index (χ1v) is 6.06. The van der Waals surface area contributed by atoms with Gasteiger partial charge < -0.3 is 16.4 Å². The topological polar surface area (TPSA) is 72.3 Å². The van der Waals surface area contributed by atoms with Crippen molar-refractivity contribution in [1.82, 2.24) is 0 Å². The molecule has 1 fully saturated rings. The van der Waals surface area contributed by atoms with E-state index in [9.17, 15) is 4.79 Å². The zero-order chi connectivity index (χ0) is 12.4. The Bertz CT molecular complexity index is 427. The molecule has 1 aromatic carbocycles. The van der Waals surface area contributed by atoms with E-state index in [0.29, 0.717) is 11.3 Å². The number of hydrogen-bond acceptors (Lipinski definition) is 3. The van der Waals surface area contributed by atoms with Crippen LogP contribution in [0.1, 0.15) is 30.1 Å². The van der Waals surface area contributed by atoms with Crippen LogP contribution in [0.25, 0.3) is 0 Å². The number of carbonyl (C=O) groups is 1. The summed E-state index contributed by atoms with van der Waals surface area (Å²) in [6, 6.07) is 5.46. The minimum atomic E-state index is -0.466. The molecule has 0 unspecified atom stereocenters. The van der Waals surface area contributed by atoms with E-state index in [1.54, 1.807) is 6.07 Å². The van der Waals surface area contributed by atoms with Gasteiger partial charge in [0.15, 0.2) is 0 Å². The fourth-order valence-corrected chi connectivity index (χ4v) is 2.05. The van der Waals surface area contributed by atoms with E-state index in [0.717, 1.165) is 24.7 Å². The van der Waals surface area contributed by atoms with Crippen LogP contribution in [0.4, 0.5) is 11.4 Å². The van der Waals surface area contributed by atoms with Crippen molar-refractivity contribution >= 4 is 17.3 Å². The molecule has 2 rings (SSSR count). The minimum absolute atomic E-state index is 0.414. The van der Waals surface area contributed by atoms with Gasteiger partial charge in [-0.2, -0.15) is 0 Å². The molecular weight excluding hydrogens is 214 g/mol. The molecule has 4 nitrogen and oxygen atoms in total. The van der Waals surface area contributed by atoms with Gasteiger partial charge >= 0.3 is 0 Å². The average molecular weight is 233 g/mol. The molecule has 0 bridgehead atoms. The van der Waals surface area contributed by atoms with Gasteiger partial charge in [0.25, 0.3) is 5.91 Å². The van der Waals surface area contributed by atoms with Crippen molar-refractivity contribution in [3.63, 3.8) is 0 Å². The number of nitrogens with two attached hydrogens (primary N) is 2. The number of primary amides is 1. The fraction of sp³-hybridized carbons (Fsp3) is 0.462. The second-order valence-electron chi connectivity index (χ2n) is 4.58. The number of nitrogens with zero attached hydrogens (tertiary/aromatic N) is 1. The first-order valence-electron chi connectivity index (χ1n) is 6.06. The molecule has 1 aliphatic carbocycles. The maximum Gasteiger partial charge on any atom is 0.250 e. The van der Waals surface area contributed by atoms with Crippen molar-refractivity contribution in [1.29, 1.82) is 0 Å². The number of amides is 1. The van der Waals surface area contributed by atoms with Crippen LogP contribution in [0.5, 0.6) is 0 Å². The third kappa shape index (κ3) is 2.52. The van der Waals surface area contributed by atoms with Crippen molar-refractivity contribution in [2.45, 2.75) is 19.8 Å². The van der Waals surface area contributed by atoms with Crippen LogP contribution in [-0.2, 0) is 0 Å². The first-order chi connectivity index (χ1) is 8.13. The number of hydrogen-bond donors (Lipinski definition) is 2. The van der Waals surface area contributed by atoms with Gasteiger partial charge in [-0.15, -0.1) is 0 Å². The molecule has 0 atom stereocenters. The monoisotopic (exact) mass is 233 g/mol. The summed E-state index contributed by atoms with van der Waals surface area (Å²) < 4.78 is 0. The largest absolute Gasteiger partial charge is 0.396 e. The van der Waals surface area contributed by atoms with Crippen LogP contribution in [0, 0.1) is 5.92 Å². The Hall–Kier alpha value is -1.71. The van der Waals surface area contributed by atoms with Crippen LogP contribution < -0.4 is 16.4 Å². The molecule has 1 aliphatic rings. The molecule has 1 aromatic rings. The maximum absolute atomic E-state index is 11.2. The lowest BCUT2D eigenvalue weighted by molar-refractivity contribution is 0.100. The second-order valence-corrected chi connectivity index (χ2v) is 4.58. The number of carbonyl (C=O) groups excluding carboxylic acids is 1. The minimum Gasteiger partial charge on any atom is -0.396 e. The Kier molecular flexibility index (Phi) is 3.22. The summed E-state index contributed by atoms with van der Waals surface area (Å²) in [5, 5.41) is 0. The molecule has 4 heteroatoms. The highest BCUT2D eigenvalue weighted by molar-refractivity contribution is 6.00. The van der Waals surface area contributed by atoms with E-state index < -0.39 is 5.91 Å². The molecule has 0 spiro atoms. The highest BCUT2D eigenvalue weighted by atomic mass is 16.1. The third-order valence-electron chi connectivity index (χ3n) is 3.25. The van der Waals surface area contributed by atoms with E-state index in [2.05, 4.69) is 11.8 Å². The Morgan fingerprint density at radius 2 is 2.18 bits per heavy atom. The number of benzene rings is 1. The van der Waals surface area contributed by atoms with Gasteiger partial charge in [-0.25, -0.2) is 0 Å². The summed E-state index contributed by atoms with van der Waals surface area (Å²) in [6.45, 7) is 4.00. The van der Waals surface area contributed by atoms with Crippen molar-refractivity contribution < 1.29 is 4.79 Å².